The SMILES string of the molecule is CC1CSCC1NC(=O)[C@@H]1CCCN1. The van der Waals surface area contributed by atoms with Crippen molar-refractivity contribution >= 4 is 17.7 Å². The maximum atomic E-state index is 11.8. The number of amides is 1. The highest BCUT2D eigenvalue weighted by atomic mass is 32.2. The molecule has 0 radical (unpaired) electrons. The molecule has 0 bridgehead atoms. The fourth-order valence-electron chi connectivity index (χ4n) is 2.04. The largest absolute Gasteiger partial charge is 0.351 e. The molecule has 1 amide bonds. The molecule has 0 saturated carbocycles. The van der Waals surface area contributed by atoms with Gasteiger partial charge in [-0.25, -0.2) is 0 Å². The fourth-order valence-corrected chi connectivity index (χ4v) is 3.44. The van der Waals surface area contributed by atoms with Crippen LogP contribution in [0.15, 0.2) is 0 Å². The number of hydrogen-bond acceptors (Lipinski definition) is 3. The highest BCUT2D eigenvalue weighted by Crippen LogP contribution is 2.23. The Balaban J connectivity index is 1.81. The molecule has 3 nitrogen and oxygen atoms in total. The minimum absolute atomic E-state index is 0.0767. The minimum atomic E-state index is 0.0767. The van der Waals surface area contributed by atoms with Gasteiger partial charge in [0.15, 0.2) is 0 Å². The molecule has 14 heavy (non-hydrogen) atoms. The van der Waals surface area contributed by atoms with E-state index in [9.17, 15) is 4.79 Å². The Morgan fingerprint density at radius 1 is 1.50 bits per heavy atom. The molecule has 2 N–H and O–H groups in total. The van der Waals surface area contributed by atoms with Crippen LogP contribution in [0.25, 0.3) is 0 Å². The van der Waals surface area contributed by atoms with Gasteiger partial charge in [0.2, 0.25) is 5.91 Å². The van der Waals surface area contributed by atoms with Crippen LogP contribution in [-0.2, 0) is 4.79 Å². The van der Waals surface area contributed by atoms with Crippen LogP contribution in [0.4, 0.5) is 0 Å². The van der Waals surface area contributed by atoms with Crippen molar-refractivity contribution < 1.29 is 4.79 Å². The molecule has 2 saturated heterocycles. The number of hydrogen-bond donors (Lipinski definition) is 2. The van der Waals surface area contributed by atoms with Crippen LogP contribution >= 0.6 is 11.8 Å². The lowest BCUT2D eigenvalue weighted by molar-refractivity contribution is -0.123. The van der Waals surface area contributed by atoms with E-state index in [-0.39, 0.29) is 11.9 Å². The van der Waals surface area contributed by atoms with E-state index in [0.717, 1.165) is 25.1 Å². The third-order valence-electron chi connectivity index (χ3n) is 3.07. The van der Waals surface area contributed by atoms with Crippen molar-refractivity contribution in [3.05, 3.63) is 0 Å². The third-order valence-corrected chi connectivity index (χ3v) is 4.43. The van der Waals surface area contributed by atoms with Gasteiger partial charge in [0, 0.05) is 11.8 Å². The van der Waals surface area contributed by atoms with Crippen LogP contribution in [0.5, 0.6) is 0 Å². The molecule has 2 aliphatic heterocycles. The molecule has 0 aromatic carbocycles. The van der Waals surface area contributed by atoms with Crippen LogP contribution in [0, 0.1) is 5.92 Å². The van der Waals surface area contributed by atoms with E-state index in [2.05, 4.69) is 17.6 Å². The molecule has 3 atom stereocenters. The summed E-state index contributed by atoms with van der Waals surface area (Å²) in [5, 5.41) is 6.37. The van der Waals surface area contributed by atoms with E-state index in [0.29, 0.717) is 12.0 Å². The summed E-state index contributed by atoms with van der Waals surface area (Å²) in [6.07, 6.45) is 2.13. The summed E-state index contributed by atoms with van der Waals surface area (Å²) in [5.41, 5.74) is 0. The van der Waals surface area contributed by atoms with Crippen molar-refractivity contribution in [3.8, 4) is 0 Å². The molecule has 2 rings (SSSR count). The summed E-state index contributed by atoms with van der Waals surface area (Å²) in [4.78, 5) is 11.8. The summed E-state index contributed by atoms with van der Waals surface area (Å²) in [5.74, 6) is 3.11. The zero-order chi connectivity index (χ0) is 9.97. The first-order chi connectivity index (χ1) is 6.77. The summed E-state index contributed by atoms with van der Waals surface area (Å²) >= 11 is 1.94. The second-order valence-corrected chi connectivity index (χ2v) is 5.35. The van der Waals surface area contributed by atoms with Gasteiger partial charge in [-0.15, -0.1) is 0 Å². The van der Waals surface area contributed by atoms with Crippen molar-refractivity contribution in [1.82, 2.24) is 10.6 Å². The fraction of sp³-hybridized carbons (Fsp3) is 0.900. The quantitative estimate of drug-likeness (QED) is 0.707. The Kier molecular flexibility index (Phi) is 3.34. The van der Waals surface area contributed by atoms with Gasteiger partial charge in [0.1, 0.15) is 0 Å². The monoisotopic (exact) mass is 214 g/mol. The van der Waals surface area contributed by atoms with E-state index in [1.165, 1.54) is 5.75 Å². The topological polar surface area (TPSA) is 41.1 Å². The Hall–Kier alpha value is -0.220. The molecule has 0 aromatic heterocycles. The molecule has 0 spiro atoms. The summed E-state index contributed by atoms with van der Waals surface area (Å²) in [7, 11) is 0. The van der Waals surface area contributed by atoms with Crippen molar-refractivity contribution in [2.24, 2.45) is 5.92 Å². The van der Waals surface area contributed by atoms with Gasteiger partial charge < -0.3 is 10.6 Å². The summed E-state index contributed by atoms with van der Waals surface area (Å²) < 4.78 is 0. The first-order valence-corrected chi connectivity index (χ1v) is 6.54. The standard InChI is InChI=1S/C10H18N2OS/c1-7-5-14-6-9(7)12-10(13)8-3-2-4-11-8/h7-9,11H,2-6H2,1H3,(H,12,13)/t7?,8-,9?/m0/s1. The van der Waals surface area contributed by atoms with E-state index in [1.54, 1.807) is 0 Å². The zero-order valence-electron chi connectivity index (χ0n) is 8.58. The zero-order valence-corrected chi connectivity index (χ0v) is 9.40. The van der Waals surface area contributed by atoms with E-state index in [4.69, 9.17) is 0 Å². The second kappa shape index (κ2) is 4.53. The Bertz CT molecular complexity index is 216. The van der Waals surface area contributed by atoms with Gasteiger partial charge in [-0.05, 0) is 31.1 Å². The van der Waals surface area contributed by atoms with E-state index in [1.807, 2.05) is 11.8 Å². The smallest absolute Gasteiger partial charge is 0.237 e. The number of nitrogens with one attached hydrogen (secondary N) is 2. The molecule has 0 aliphatic carbocycles. The van der Waals surface area contributed by atoms with Gasteiger partial charge in [0.05, 0.1) is 6.04 Å². The van der Waals surface area contributed by atoms with Gasteiger partial charge in [-0.3, -0.25) is 4.79 Å². The molecule has 2 unspecified atom stereocenters. The van der Waals surface area contributed by atoms with E-state index < -0.39 is 0 Å². The first kappa shape index (κ1) is 10.3. The Morgan fingerprint density at radius 2 is 2.36 bits per heavy atom. The van der Waals surface area contributed by atoms with Gasteiger partial charge in [0.25, 0.3) is 0 Å². The average Bonchev–Trinajstić information content (AvgIpc) is 2.77. The summed E-state index contributed by atoms with van der Waals surface area (Å²) in [6.45, 7) is 3.21. The molecular formula is C10H18N2OS. The lowest BCUT2D eigenvalue weighted by atomic mass is 10.1. The number of carbonyl (C=O) groups is 1. The minimum Gasteiger partial charge on any atom is -0.351 e. The number of rotatable bonds is 2. The van der Waals surface area contributed by atoms with E-state index >= 15 is 0 Å². The maximum Gasteiger partial charge on any atom is 0.237 e. The van der Waals surface area contributed by atoms with Crippen LogP contribution in [0.1, 0.15) is 19.8 Å². The predicted molar refractivity (Wildman–Crippen MR) is 59.4 cm³/mol. The first-order valence-electron chi connectivity index (χ1n) is 5.39. The van der Waals surface area contributed by atoms with Crippen molar-refractivity contribution in [1.29, 1.82) is 0 Å². The number of carbonyl (C=O) groups excluding carboxylic acids is 1. The Morgan fingerprint density at radius 3 is 2.93 bits per heavy atom. The predicted octanol–water partition coefficient (Wildman–Crippen LogP) is 0.606. The average molecular weight is 214 g/mol. The van der Waals surface area contributed by atoms with Gasteiger partial charge >= 0.3 is 0 Å². The molecule has 2 aliphatic rings. The van der Waals surface area contributed by atoms with Crippen molar-refractivity contribution in [2.75, 3.05) is 18.1 Å². The van der Waals surface area contributed by atoms with Gasteiger partial charge in [-0.2, -0.15) is 11.8 Å². The normalized spacial score (nSPS) is 37.4. The number of thioether (sulfide) groups is 1. The molecule has 80 valence electrons. The maximum absolute atomic E-state index is 11.8. The highest BCUT2D eigenvalue weighted by Gasteiger charge is 2.29. The van der Waals surface area contributed by atoms with Crippen LogP contribution < -0.4 is 10.6 Å². The third kappa shape index (κ3) is 2.23. The van der Waals surface area contributed by atoms with Gasteiger partial charge in [-0.1, -0.05) is 6.92 Å². The Labute approximate surface area is 89.4 Å². The molecule has 4 heteroatoms. The lowest BCUT2D eigenvalue weighted by Crippen LogP contribution is -2.47. The van der Waals surface area contributed by atoms with Crippen molar-refractivity contribution in [3.63, 3.8) is 0 Å². The molecular weight excluding hydrogens is 196 g/mol. The summed E-state index contributed by atoms with van der Waals surface area (Å²) in [6, 6.07) is 0.475. The van der Waals surface area contributed by atoms with Crippen LogP contribution in [-0.4, -0.2) is 36.0 Å². The lowest BCUT2D eigenvalue weighted by Gasteiger charge is -2.19. The molecule has 0 aromatic rings. The second-order valence-electron chi connectivity index (χ2n) is 4.28. The van der Waals surface area contributed by atoms with Crippen LogP contribution in [0.3, 0.4) is 0 Å². The highest BCUT2D eigenvalue weighted by molar-refractivity contribution is 7.99. The molecule has 2 fully saturated rings. The molecule has 2 heterocycles. The van der Waals surface area contributed by atoms with Crippen molar-refractivity contribution in [2.45, 2.75) is 31.8 Å². The van der Waals surface area contributed by atoms with Crippen LogP contribution in [0.2, 0.25) is 0 Å².